The van der Waals surface area contributed by atoms with Crippen LogP contribution in [0.3, 0.4) is 0 Å². The highest BCUT2D eigenvalue weighted by Gasteiger charge is 2.25. The van der Waals surface area contributed by atoms with E-state index in [4.69, 9.17) is 28.4 Å². The summed E-state index contributed by atoms with van der Waals surface area (Å²) in [6.07, 6.45) is 8.02. The monoisotopic (exact) mass is 874 g/mol. The van der Waals surface area contributed by atoms with Crippen LogP contribution >= 0.6 is 0 Å². The van der Waals surface area contributed by atoms with Gasteiger partial charge in [-0.15, -0.1) is 6.58 Å². The van der Waals surface area contributed by atoms with E-state index in [0.717, 1.165) is 43.4 Å². The summed E-state index contributed by atoms with van der Waals surface area (Å²) >= 11 is 0. The summed E-state index contributed by atoms with van der Waals surface area (Å²) < 4.78 is 30.4. The van der Waals surface area contributed by atoms with Gasteiger partial charge in [-0.1, -0.05) is 50.0 Å². The predicted octanol–water partition coefficient (Wildman–Crippen LogP) is 10.3. The molecule has 0 heterocycles. The van der Waals surface area contributed by atoms with E-state index in [9.17, 15) is 28.8 Å². The second-order valence-electron chi connectivity index (χ2n) is 14.9. The van der Waals surface area contributed by atoms with Gasteiger partial charge in [0.1, 0.15) is 26.4 Å². The zero-order valence-corrected chi connectivity index (χ0v) is 37.1. The summed E-state index contributed by atoms with van der Waals surface area (Å²) in [7, 11) is 0. The second-order valence-corrected chi connectivity index (χ2v) is 14.9. The molecule has 0 aromatic heterocycles. The Hall–Kier alpha value is -6.84. The molecule has 63 heavy (non-hydrogen) atoms. The number of benzene rings is 2. The number of aryl methyl sites for hydroxylation is 2. The maximum atomic E-state index is 12.6. The quantitative estimate of drug-likeness (QED) is 0.0229. The average molecular weight is 875 g/mol. The molecule has 2 aromatic carbocycles. The molecular formula is C47H62N4O12. The van der Waals surface area contributed by atoms with Gasteiger partial charge in [0.2, 0.25) is 0 Å². The molecule has 0 saturated heterocycles. The van der Waals surface area contributed by atoms with Crippen LogP contribution in [-0.4, -0.2) is 76.0 Å². The Morgan fingerprint density at radius 3 is 1.54 bits per heavy atom. The number of esters is 2. The molecule has 0 spiro atoms. The number of allylic oxidation sites excluding steroid dienone is 4. The van der Waals surface area contributed by atoms with E-state index in [1.165, 1.54) is 5.57 Å². The van der Waals surface area contributed by atoms with Gasteiger partial charge < -0.3 is 28.4 Å². The molecule has 2 rings (SSSR count). The van der Waals surface area contributed by atoms with Crippen molar-refractivity contribution in [3.63, 3.8) is 0 Å². The second kappa shape index (κ2) is 27.9. The highest BCUT2D eigenvalue weighted by molar-refractivity contribution is 5.89. The number of carbonyl (C=O) groups excluding carboxylic acids is 6. The lowest BCUT2D eigenvalue weighted by atomic mass is 9.75. The number of hydrogen-bond donors (Lipinski definition) is 4. The van der Waals surface area contributed by atoms with Crippen LogP contribution in [0.2, 0.25) is 0 Å². The third-order valence-corrected chi connectivity index (χ3v) is 9.63. The van der Waals surface area contributed by atoms with Crippen molar-refractivity contribution in [1.82, 2.24) is 0 Å². The summed E-state index contributed by atoms with van der Waals surface area (Å²) in [5.74, 6) is -1.13. The number of amides is 4. The fourth-order valence-corrected chi connectivity index (χ4v) is 5.97. The summed E-state index contributed by atoms with van der Waals surface area (Å²) in [5.41, 5.74) is 5.28. The lowest BCUT2D eigenvalue weighted by Crippen LogP contribution is -2.21. The normalized spacial score (nSPS) is 12.2. The predicted molar refractivity (Wildman–Crippen MR) is 243 cm³/mol. The summed E-state index contributed by atoms with van der Waals surface area (Å²) in [5, 5.41) is 10.6. The van der Waals surface area contributed by atoms with E-state index in [1.807, 2.05) is 13.0 Å². The van der Waals surface area contributed by atoms with Gasteiger partial charge >= 0.3 is 36.3 Å². The van der Waals surface area contributed by atoms with Crippen molar-refractivity contribution in [2.45, 2.75) is 73.1 Å². The van der Waals surface area contributed by atoms with Crippen LogP contribution < -0.4 is 21.3 Å². The lowest BCUT2D eigenvalue weighted by Gasteiger charge is -2.31. The van der Waals surface area contributed by atoms with Gasteiger partial charge in [0.15, 0.2) is 0 Å². The minimum Gasteiger partial charge on any atom is -0.459 e. The van der Waals surface area contributed by atoms with Crippen LogP contribution in [0.4, 0.5) is 41.9 Å². The Morgan fingerprint density at radius 1 is 0.651 bits per heavy atom. The average Bonchev–Trinajstić information content (AvgIpc) is 3.24. The first-order valence-corrected chi connectivity index (χ1v) is 20.5. The van der Waals surface area contributed by atoms with Crippen molar-refractivity contribution < 1.29 is 57.2 Å². The van der Waals surface area contributed by atoms with E-state index in [-0.39, 0.29) is 51.0 Å². The highest BCUT2D eigenvalue weighted by atomic mass is 16.6. The molecule has 0 fully saturated rings. The van der Waals surface area contributed by atoms with Crippen molar-refractivity contribution in [2.24, 2.45) is 11.3 Å². The van der Waals surface area contributed by atoms with Gasteiger partial charge in [0.25, 0.3) is 0 Å². The molecule has 0 bridgehead atoms. The van der Waals surface area contributed by atoms with Crippen molar-refractivity contribution in [3.05, 3.63) is 109 Å². The molecule has 342 valence electrons. The molecule has 2 aromatic rings. The zero-order chi connectivity index (χ0) is 46.8. The molecule has 0 saturated carbocycles. The van der Waals surface area contributed by atoms with Crippen LogP contribution in [0.15, 0.2) is 98.2 Å². The molecule has 0 aliphatic rings. The van der Waals surface area contributed by atoms with Crippen LogP contribution in [0.1, 0.15) is 70.4 Å². The number of anilines is 4. The van der Waals surface area contributed by atoms with E-state index in [1.54, 1.807) is 50.2 Å². The molecule has 4 N–H and O–H groups in total. The van der Waals surface area contributed by atoms with E-state index in [0.29, 0.717) is 46.7 Å². The third kappa shape index (κ3) is 21.5. The molecule has 0 aliphatic carbocycles. The number of rotatable bonds is 26. The van der Waals surface area contributed by atoms with Crippen LogP contribution in [0.5, 0.6) is 0 Å². The first kappa shape index (κ1) is 52.3. The Kier molecular flexibility index (Phi) is 23.2. The number of ether oxygens (including phenoxy) is 6. The summed E-state index contributed by atoms with van der Waals surface area (Å²) in [6, 6.07) is 9.86. The van der Waals surface area contributed by atoms with E-state index >= 15 is 0 Å². The number of carbonyl (C=O) groups is 6. The molecule has 16 nitrogen and oxygen atoms in total. The van der Waals surface area contributed by atoms with Gasteiger partial charge in [0, 0.05) is 34.9 Å². The fraction of sp³-hybridized carbons (Fsp3) is 0.404. The van der Waals surface area contributed by atoms with Crippen LogP contribution in [0, 0.1) is 25.2 Å². The lowest BCUT2D eigenvalue weighted by molar-refractivity contribution is -0.139. The molecule has 2 atom stereocenters. The topological polar surface area (TPSA) is 206 Å². The van der Waals surface area contributed by atoms with Crippen molar-refractivity contribution >= 4 is 59.1 Å². The zero-order valence-electron chi connectivity index (χ0n) is 37.1. The molecule has 16 heteroatoms. The van der Waals surface area contributed by atoms with Crippen molar-refractivity contribution in [1.29, 1.82) is 0 Å². The highest BCUT2D eigenvalue weighted by Crippen LogP contribution is 2.36. The molecule has 0 radical (unpaired) electrons. The molecule has 2 unspecified atom stereocenters. The Labute approximate surface area is 370 Å². The fourth-order valence-electron chi connectivity index (χ4n) is 5.97. The van der Waals surface area contributed by atoms with Gasteiger partial charge in [-0.3, -0.25) is 21.3 Å². The van der Waals surface area contributed by atoms with E-state index in [2.05, 4.69) is 67.5 Å². The Balaban J connectivity index is 1.72. The molecule has 0 aliphatic heterocycles. The molecular weight excluding hydrogens is 813 g/mol. The van der Waals surface area contributed by atoms with Crippen molar-refractivity contribution in [2.75, 3.05) is 60.9 Å². The van der Waals surface area contributed by atoms with E-state index < -0.39 is 36.3 Å². The Morgan fingerprint density at radius 2 is 1.10 bits per heavy atom. The van der Waals surface area contributed by atoms with Crippen molar-refractivity contribution in [3.8, 4) is 0 Å². The minimum absolute atomic E-state index is 0.0890. The number of nitrogens with one attached hydrogen (secondary N) is 4. The van der Waals surface area contributed by atoms with Crippen LogP contribution in [0.25, 0.3) is 0 Å². The first-order valence-electron chi connectivity index (χ1n) is 20.5. The summed E-state index contributed by atoms with van der Waals surface area (Å²) in [6.45, 7) is 24.6. The maximum absolute atomic E-state index is 12.6. The largest absolute Gasteiger partial charge is 0.459 e. The number of hydrogen-bond acceptors (Lipinski definition) is 12. The van der Waals surface area contributed by atoms with Crippen LogP contribution in [-0.2, 0) is 38.0 Å². The summed E-state index contributed by atoms with van der Waals surface area (Å²) in [4.78, 5) is 71.3. The third-order valence-electron chi connectivity index (χ3n) is 9.63. The van der Waals surface area contributed by atoms with Gasteiger partial charge in [-0.05, 0) is 125 Å². The Bertz CT molecular complexity index is 1980. The smallest absolute Gasteiger partial charge is 0.411 e. The minimum atomic E-state index is -0.720. The SMILES string of the molecule is C=CC(=O)OCCOC(=O)Nc1ccc(NC(=O)OCCC/C(C)=C/CCC(C)(C=C)CC(CCOC(=O)Nc2ccc(NC(=O)OCCOC(=O)C=C)c(C)c2)C(=C)C)cc1C. The van der Waals surface area contributed by atoms with Gasteiger partial charge in [-0.25, -0.2) is 28.8 Å². The van der Waals surface area contributed by atoms with Gasteiger partial charge in [0.05, 0.1) is 13.2 Å². The molecule has 4 amide bonds. The maximum Gasteiger partial charge on any atom is 0.411 e. The van der Waals surface area contributed by atoms with Gasteiger partial charge in [-0.2, -0.15) is 0 Å². The standard InChI is InChI=1S/C47H62N4O12/c1-10-41(52)58-25-27-62-45(56)50-39-19-17-37(29-34(39)7)48-43(54)60-23-14-16-33(6)15-13-22-47(9,12-3)31-36(32(4)5)21-24-61-44(55)49-38-18-20-40(35(8)30-38)51-46(57)63-28-26-59-42(53)11-2/h10-12,15,17-20,29-30,36H,1-4,13-14,16,21-28,31H2,5-9H3,(H,48,54)(H,49,55)(H,50,56)(H,51,57)/b33-15+. The first-order chi connectivity index (χ1) is 30.0.